The molecule has 3 aliphatic heterocycles. The van der Waals surface area contributed by atoms with Gasteiger partial charge in [-0.3, -0.25) is 19.0 Å². The van der Waals surface area contributed by atoms with E-state index in [1.165, 1.54) is 11.8 Å². The summed E-state index contributed by atoms with van der Waals surface area (Å²) in [7, 11) is 0. The molecule has 0 N–H and O–H groups in total. The second kappa shape index (κ2) is 6.97. The zero-order valence-corrected chi connectivity index (χ0v) is 17.8. The molecule has 5 rings (SSSR count). The minimum absolute atomic E-state index is 0.00893. The van der Waals surface area contributed by atoms with Gasteiger partial charge >= 0.3 is 0 Å². The van der Waals surface area contributed by atoms with Crippen molar-refractivity contribution in [3.05, 3.63) is 51.4 Å². The second-order valence-electron chi connectivity index (χ2n) is 8.40. The first-order chi connectivity index (χ1) is 14.4. The number of aryl methyl sites for hydroxylation is 1. The smallest absolute Gasteiger partial charge is 0.257 e. The summed E-state index contributed by atoms with van der Waals surface area (Å²) >= 11 is 1.52. The number of fused-ring (bicyclic) bond motifs is 2. The average Bonchev–Trinajstić information content (AvgIpc) is 3.30. The van der Waals surface area contributed by atoms with Crippen LogP contribution in [-0.2, 0) is 4.79 Å². The number of benzene rings is 1. The number of para-hydroxylation sites is 1. The lowest BCUT2D eigenvalue weighted by Crippen LogP contribution is -2.45. The Kier molecular flexibility index (Phi) is 4.50. The fraction of sp³-hybridized carbons (Fsp3) is 0.455. The molecule has 8 heteroatoms. The molecule has 0 aliphatic carbocycles. The van der Waals surface area contributed by atoms with Crippen LogP contribution >= 0.6 is 11.8 Å². The van der Waals surface area contributed by atoms with Gasteiger partial charge in [0.05, 0.1) is 24.6 Å². The fourth-order valence-electron chi connectivity index (χ4n) is 4.58. The van der Waals surface area contributed by atoms with Crippen molar-refractivity contribution < 1.29 is 14.3 Å². The number of ether oxygens (including phenoxy) is 1. The van der Waals surface area contributed by atoms with E-state index in [0.29, 0.717) is 47.3 Å². The highest BCUT2D eigenvalue weighted by molar-refractivity contribution is 7.99. The van der Waals surface area contributed by atoms with Crippen molar-refractivity contribution in [1.29, 1.82) is 0 Å². The lowest BCUT2D eigenvalue weighted by atomic mass is 9.89. The minimum atomic E-state index is -0.643. The van der Waals surface area contributed by atoms with E-state index in [1.807, 2.05) is 25.1 Å². The highest BCUT2D eigenvalue weighted by Crippen LogP contribution is 2.39. The number of rotatable bonds is 2. The van der Waals surface area contributed by atoms with Crippen molar-refractivity contribution in [2.24, 2.45) is 0 Å². The Balaban J connectivity index is 1.32. The quantitative estimate of drug-likeness (QED) is 0.688. The van der Waals surface area contributed by atoms with Crippen LogP contribution in [0.1, 0.15) is 46.9 Å². The maximum Gasteiger partial charge on any atom is 0.257 e. The highest BCUT2D eigenvalue weighted by atomic mass is 32.2. The van der Waals surface area contributed by atoms with Gasteiger partial charge in [0.15, 0.2) is 10.9 Å². The van der Waals surface area contributed by atoms with E-state index in [4.69, 9.17) is 4.74 Å². The zero-order valence-electron chi connectivity index (χ0n) is 17.0. The van der Waals surface area contributed by atoms with Gasteiger partial charge in [0.2, 0.25) is 5.91 Å². The van der Waals surface area contributed by atoms with Gasteiger partial charge in [0.1, 0.15) is 11.4 Å². The Bertz CT molecular complexity index is 1130. The van der Waals surface area contributed by atoms with Crippen LogP contribution in [0.3, 0.4) is 0 Å². The summed E-state index contributed by atoms with van der Waals surface area (Å²) in [5.41, 5.74) is 1.29. The monoisotopic (exact) mass is 425 g/mol. The lowest BCUT2D eigenvalue weighted by molar-refractivity contribution is -0.131. The van der Waals surface area contributed by atoms with E-state index < -0.39 is 5.60 Å². The SMILES string of the molecule is Cc1nc2n(c(=O)c1C)C(CC(=O)N1CCC3(CC(=O)c4ccccc4O3)C1)CS2. The van der Waals surface area contributed by atoms with Gasteiger partial charge in [-0.1, -0.05) is 23.9 Å². The van der Waals surface area contributed by atoms with Gasteiger partial charge in [-0.25, -0.2) is 4.98 Å². The normalized spacial score (nSPS) is 24.7. The van der Waals surface area contributed by atoms with Crippen molar-refractivity contribution in [3.63, 3.8) is 0 Å². The summed E-state index contributed by atoms with van der Waals surface area (Å²) in [5.74, 6) is 1.33. The number of likely N-dealkylation sites (tertiary alicyclic amines) is 1. The molecule has 2 atom stereocenters. The molecule has 3 aliphatic rings. The summed E-state index contributed by atoms with van der Waals surface area (Å²) in [4.78, 5) is 44.7. The summed E-state index contributed by atoms with van der Waals surface area (Å²) in [6.45, 7) is 4.57. The van der Waals surface area contributed by atoms with Crippen molar-refractivity contribution in [3.8, 4) is 5.75 Å². The van der Waals surface area contributed by atoms with Crippen LogP contribution in [0.5, 0.6) is 5.75 Å². The van der Waals surface area contributed by atoms with Crippen molar-refractivity contribution >= 4 is 23.5 Å². The third kappa shape index (κ3) is 3.05. The molecule has 2 unspecified atom stereocenters. The maximum atomic E-state index is 13.1. The third-order valence-corrected chi connectivity index (χ3v) is 7.50. The molecule has 156 valence electrons. The molecule has 1 saturated heterocycles. The fourth-order valence-corrected chi connectivity index (χ4v) is 5.76. The van der Waals surface area contributed by atoms with Gasteiger partial charge in [0, 0.05) is 36.4 Å². The number of carbonyl (C=O) groups excluding carboxylic acids is 2. The first-order valence-corrected chi connectivity index (χ1v) is 11.2. The van der Waals surface area contributed by atoms with Crippen LogP contribution in [0, 0.1) is 13.8 Å². The van der Waals surface area contributed by atoms with E-state index in [-0.39, 0.29) is 36.1 Å². The summed E-state index contributed by atoms with van der Waals surface area (Å²) in [6.07, 6.45) is 1.18. The predicted octanol–water partition coefficient (Wildman–Crippen LogP) is 2.53. The number of Topliss-reactive ketones (excluding diaryl/α,β-unsaturated/α-hetero) is 1. The zero-order chi connectivity index (χ0) is 21.0. The molecule has 30 heavy (non-hydrogen) atoms. The predicted molar refractivity (Wildman–Crippen MR) is 112 cm³/mol. The first-order valence-electron chi connectivity index (χ1n) is 10.2. The Hall–Kier alpha value is -2.61. The summed E-state index contributed by atoms with van der Waals surface area (Å²) in [5, 5.41) is 0.691. The molecule has 0 bridgehead atoms. The Morgan fingerprint density at radius 2 is 2.10 bits per heavy atom. The molecule has 2 aromatic rings. The summed E-state index contributed by atoms with van der Waals surface area (Å²) < 4.78 is 7.90. The first kappa shape index (κ1) is 19.4. The molecule has 7 nitrogen and oxygen atoms in total. The molecule has 1 amide bonds. The Labute approximate surface area is 178 Å². The van der Waals surface area contributed by atoms with Gasteiger partial charge in [-0.05, 0) is 26.0 Å². The largest absolute Gasteiger partial charge is 0.484 e. The highest BCUT2D eigenvalue weighted by Gasteiger charge is 2.47. The number of ketones is 1. The molecule has 1 aromatic carbocycles. The molecule has 1 spiro atoms. The van der Waals surface area contributed by atoms with E-state index >= 15 is 0 Å². The van der Waals surface area contributed by atoms with E-state index in [1.54, 1.807) is 22.5 Å². The minimum Gasteiger partial charge on any atom is -0.484 e. The van der Waals surface area contributed by atoms with Gasteiger partial charge in [-0.15, -0.1) is 0 Å². The Morgan fingerprint density at radius 3 is 2.93 bits per heavy atom. The number of thioether (sulfide) groups is 1. The van der Waals surface area contributed by atoms with Crippen molar-refractivity contribution in [2.45, 2.75) is 49.9 Å². The van der Waals surface area contributed by atoms with Gasteiger partial charge < -0.3 is 9.64 Å². The van der Waals surface area contributed by atoms with E-state index in [0.717, 1.165) is 5.69 Å². The number of hydrogen-bond acceptors (Lipinski definition) is 6. The van der Waals surface area contributed by atoms with Crippen LogP contribution in [0.4, 0.5) is 0 Å². The lowest BCUT2D eigenvalue weighted by Gasteiger charge is -2.34. The topological polar surface area (TPSA) is 81.5 Å². The number of hydrogen-bond donors (Lipinski definition) is 0. The molecular weight excluding hydrogens is 402 g/mol. The second-order valence-corrected chi connectivity index (χ2v) is 9.38. The molecule has 4 heterocycles. The summed E-state index contributed by atoms with van der Waals surface area (Å²) in [6, 6.07) is 7.10. The number of aromatic nitrogens is 2. The van der Waals surface area contributed by atoms with Crippen LogP contribution in [0.25, 0.3) is 0 Å². The van der Waals surface area contributed by atoms with Crippen LogP contribution in [0.2, 0.25) is 0 Å². The number of carbonyl (C=O) groups is 2. The average molecular weight is 426 g/mol. The van der Waals surface area contributed by atoms with E-state index in [9.17, 15) is 14.4 Å². The maximum absolute atomic E-state index is 13.1. The van der Waals surface area contributed by atoms with Crippen LogP contribution in [-0.4, -0.2) is 50.6 Å². The van der Waals surface area contributed by atoms with Gasteiger partial charge in [0.25, 0.3) is 5.56 Å². The third-order valence-electron chi connectivity index (χ3n) is 6.40. The number of nitrogens with zero attached hydrogens (tertiary/aromatic N) is 3. The van der Waals surface area contributed by atoms with Gasteiger partial charge in [-0.2, -0.15) is 0 Å². The van der Waals surface area contributed by atoms with E-state index in [2.05, 4.69) is 4.98 Å². The molecule has 0 radical (unpaired) electrons. The van der Waals surface area contributed by atoms with Crippen molar-refractivity contribution in [1.82, 2.24) is 14.5 Å². The van der Waals surface area contributed by atoms with Crippen molar-refractivity contribution in [2.75, 3.05) is 18.8 Å². The van der Waals surface area contributed by atoms with Crippen LogP contribution in [0.15, 0.2) is 34.2 Å². The van der Waals surface area contributed by atoms with Crippen LogP contribution < -0.4 is 10.3 Å². The Morgan fingerprint density at radius 1 is 1.30 bits per heavy atom. The molecule has 1 aromatic heterocycles. The standard InChI is InChI=1S/C22H23N3O4S/c1-13-14(2)23-21-25(20(13)28)15(11-30-21)9-19(27)24-8-7-22(12-24)10-17(26)16-5-3-4-6-18(16)29-22/h3-6,15H,7-12H2,1-2H3. The molecule has 0 saturated carbocycles. The molecular formula is C22H23N3O4S. The number of amides is 1. The molecule has 1 fully saturated rings.